The normalized spacial score (nSPS) is 10.6. The van der Waals surface area contributed by atoms with Crippen molar-refractivity contribution in [3.05, 3.63) is 85.2 Å². The second-order valence-corrected chi connectivity index (χ2v) is 7.17. The molecule has 1 heterocycles. The molecule has 1 aromatic heterocycles. The van der Waals surface area contributed by atoms with Crippen molar-refractivity contribution in [2.45, 2.75) is 4.90 Å². The molecular weight excluding hydrogens is 366 g/mol. The fraction of sp³-hybridized carbons (Fsp3) is 0.0435. The fourth-order valence-corrected chi connectivity index (χ4v) is 3.56. The van der Waals surface area contributed by atoms with Crippen LogP contribution in [-0.2, 0) is 0 Å². The molecule has 2 N–H and O–H groups in total. The summed E-state index contributed by atoms with van der Waals surface area (Å²) >= 11 is 1.64. The van der Waals surface area contributed by atoms with Gasteiger partial charge in [-0.05, 0) is 59.2 Å². The zero-order chi connectivity index (χ0) is 19.3. The Morgan fingerprint density at radius 3 is 2.50 bits per heavy atom. The van der Waals surface area contributed by atoms with E-state index >= 15 is 0 Å². The zero-order valence-corrected chi connectivity index (χ0v) is 16.2. The molecule has 3 aromatic carbocycles. The number of carbonyl (C=O) groups excluding carboxylic acids is 1. The average molecular weight is 385 g/mol. The van der Waals surface area contributed by atoms with E-state index in [1.54, 1.807) is 18.0 Å². The summed E-state index contributed by atoms with van der Waals surface area (Å²) in [6.45, 7) is 0. The van der Waals surface area contributed by atoms with Gasteiger partial charge in [-0.15, -0.1) is 11.8 Å². The lowest BCUT2D eigenvalue weighted by atomic mass is 9.99. The highest BCUT2D eigenvalue weighted by atomic mass is 32.2. The van der Waals surface area contributed by atoms with E-state index in [1.165, 1.54) is 0 Å². The van der Waals surface area contributed by atoms with E-state index in [0.29, 0.717) is 0 Å². The van der Waals surface area contributed by atoms with Crippen LogP contribution in [0.5, 0.6) is 0 Å². The van der Waals surface area contributed by atoms with Crippen LogP contribution in [0.25, 0.3) is 21.9 Å². The van der Waals surface area contributed by atoms with Crippen LogP contribution in [0.3, 0.4) is 0 Å². The van der Waals surface area contributed by atoms with E-state index < -0.39 is 0 Å². The first kappa shape index (κ1) is 18.1. The zero-order valence-electron chi connectivity index (χ0n) is 15.3. The van der Waals surface area contributed by atoms with Gasteiger partial charge < -0.3 is 10.6 Å². The number of thioether (sulfide) groups is 1. The highest BCUT2D eigenvalue weighted by Gasteiger charge is 2.06. The van der Waals surface area contributed by atoms with E-state index in [9.17, 15) is 4.79 Å². The molecular formula is C23H19N3OS. The molecule has 0 saturated heterocycles. The number of anilines is 2. The number of urea groups is 1. The Labute approximate surface area is 168 Å². The summed E-state index contributed by atoms with van der Waals surface area (Å²) in [5.41, 5.74) is 3.75. The second-order valence-electron chi connectivity index (χ2n) is 6.29. The number of benzene rings is 3. The average Bonchev–Trinajstić information content (AvgIpc) is 2.74. The van der Waals surface area contributed by atoms with Gasteiger partial charge in [-0.3, -0.25) is 4.98 Å². The molecule has 28 heavy (non-hydrogen) atoms. The monoisotopic (exact) mass is 385 g/mol. The van der Waals surface area contributed by atoms with Gasteiger partial charge in [0, 0.05) is 34.1 Å². The van der Waals surface area contributed by atoms with Crippen LogP contribution in [0.1, 0.15) is 0 Å². The lowest BCUT2D eigenvalue weighted by molar-refractivity contribution is 0.262. The lowest BCUT2D eigenvalue weighted by Gasteiger charge is -2.10. The van der Waals surface area contributed by atoms with Crippen LogP contribution < -0.4 is 10.6 Å². The molecule has 0 aliphatic carbocycles. The number of rotatable bonds is 4. The van der Waals surface area contributed by atoms with Gasteiger partial charge in [0.2, 0.25) is 0 Å². The third-order valence-corrected chi connectivity index (χ3v) is 5.19. The number of hydrogen-bond acceptors (Lipinski definition) is 3. The molecule has 0 saturated carbocycles. The first-order valence-electron chi connectivity index (χ1n) is 8.88. The maximum atomic E-state index is 12.3. The molecule has 4 nitrogen and oxygen atoms in total. The summed E-state index contributed by atoms with van der Waals surface area (Å²) in [5.74, 6) is 0. The molecule has 0 unspecified atom stereocenters. The van der Waals surface area contributed by atoms with E-state index in [1.807, 2.05) is 73.1 Å². The van der Waals surface area contributed by atoms with Crippen LogP contribution >= 0.6 is 11.8 Å². The molecule has 5 heteroatoms. The first-order valence-corrected chi connectivity index (χ1v) is 10.1. The molecule has 0 atom stereocenters. The second kappa shape index (κ2) is 8.15. The minimum Gasteiger partial charge on any atom is -0.308 e. The van der Waals surface area contributed by atoms with Crippen molar-refractivity contribution in [1.29, 1.82) is 0 Å². The molecule has 0 aliphatic rings. The number of hydrogen-bond donors (Lipinski definition) is 2. The minimum atomic E-state index is -0.262. The molecule has 2 amide bonds. The van der Waals surface area contributed by atoms with Crippen LogP contribution in [0.15, 0.2) is 90.1 Å². The number of nitrogens with one attached hydrogen (secondary N) is 2. The predicted molar refractivity (Wildman–Crippen MR) is 118 cm³/mol. The van der Waals surface area contributed by atoms with Crippen molar-refractivity contribution in [3.8, 4) is 11.1 Å². The number of pyridine rings is 1. The Bertz CT molecular complexity index is 1120. The quantitative estimate of drug-likeness (QED) is 0.407. The van der Waals surface area contributed by atoms with Gasteiger partial charge in [-0.25, -0.2) is 4.79 Å². The summed E-state index contributed by atoms with van der Waals surface area (Å²) in [5, 5.41) is 8.00. The summed E-state index contributed by atoms with van der Waals surface area (Å²) in [4.78, 5) is 17.6. The third kappa shape index (κ3) is 4.00. The van der Waals surface area contributed by atoms with Crippen LogP contribution in [0.2, 0.25) is 0 Å². The van der Waals surface area contributed by atoms with Crippen molar-refractivity contribution in [2.75, 3.05) is 16.9 Å². The molecule has 138 valence electrons. The van der Waals surface area contributed by atoms with Gasteiger partial charge in [-0.1, -0.05) is 36.4 Å². The molecule has 4 rings (SSSR count). The maximum absolute atomic E-state index is 12.3. The fourth-order valence-electron chi connectivity index (χ4n) is 3.10. The van der Waals surface area contributed by atoms with E-state index in [-0.39, 0.29) is 6.03 Å². The summed E-state index contributed by atoms with van der Waals surface area (Å²) in [6.07, 6.45) is 5.68. The van der Waals surface area contributed by atoms with Gasteiger partial charge in [0.1, 0.15) is 0 Å². The smallest absolute Gasteiger partial charge is 0.308 e. The summed E-state index contributed by atoms with van der Waals surface area (Å²) < 4.78 is 0. The number of nitrogens with zero attached hydrogens (tertiary/aromatic N) is 1. The van der Waals surface area contributed by atoms with Crippen molar-refractivity contribution in [1.82, 2.24) is 4.98 Å². The number of fused-ring (bicyclic) bond motifs is 1. The van der Waals surface area contributed by atoms with Crippen LogP contribution in [0, 0.1) is 0 Å². The predicted octanol–water partition coefficient (Wildman–Crippen LogP) is 6.27. The Balaban J connectivity index is 1.49. The largest absolute Gasteiger partial charge is 0.323 e. The molecule has 0 spiro atoms. The Hall–Kier alpha value is -3.31. The van der Waals surface area contributed by atoms with E-state index in [2.05, 4.69) is 27.8 Å². The summed E-state index contributed by atoms with van der Waals surface area (Å²) in [7, 11) is 0. The Morgan fingerprint density at radius 1 is 0.893 bits per heavy atom. The lowest BCUT2D eigenvalue weighted by Crippen LogP contribution is -2.19. The first-order chi connectivity index (χ1) is 13.7. The highest BCUT2D eigenvalue weighted by Crippen LogP contribution is 2.29. The molecule has 4 aromatic rings. The summed E-state index contributed by atoms with van der Waals surface area (Å²) in [6, 6.07) is 23.5. The number of aromatic nitrogens is 1. The van der Waals surface area contributed by atoms with Crippen molar-refractivity contribution in [3.63, 3.8) is 0 Å². The van der Waals surface area contributed by atoms with Crippen LogP contribution in [-0.4, -0.2) is 17.3 Å². The Kier molecular flexibility index (Phi) is 5.26. The van der Waals surface area contributed by atoms with Crippen molar-refractivity contribution >= 4 is 39.9 Å². The third-order valence-electron chi connectivity index (χ3n) is 4.46. The standard InChI is InChI=1S/C23H19N3OS/c1-28-20-6-3-5-19(14-20)26-23(27)25-18-10-8-16(9-11-18)21-7-2-4-17-15-24-13-12-22(17)21/h2-15H,1H3,(H2,25,26,27). The molecule has 0 radical (unpaired) electrons. The number of carbonyl (C=O) groups is 1. The molecule has 0 bridgehead atoms. The molecule has 0 aliphatic heterocycles. The van der Waals surface area contributed by atoms with E-state index in [4.69, 9.17) is 0 Å². The number of amides is 2. The Morgan fingerprint density at radius 2 is 1.68 bits per heavy atom. The van der Waals surface area contributed by atoms with Gasteiger partial charge in [0.25, 0.3) is 0 Å². The SMILES string of the molecule is CSc1cccc(NC(=O)Nc2ccc(-c3cccc4cnccc34)cc2)c1. The van der Waals surface area contributed by atoms with Crippen molar-refractivity contribution in [2.24, 2.45) is 0 Å². The van der Waals surface area contributed by atoms with Gasteiger partial charge in [0.05, 0.1) is 0 Å². The van der Waals surface area contributed by atoms with Gasteiger partial charge >= 0.3 is 6.03 Å². The van der Waals surface area contributed by atoms with Crippen LogP contribution in [0.4, 0.5) is 16.2 Å². The van der Waals surface area contributed by atoms with Gasteiger partial charge in [0.15, 0.2) is 0 Å². The van der Waals surface area contributed by atoms with E-state index in [0.717, 1.165) is 38.2 Å². The molecule has 0 fully saturated rings. The maximum Gasteiger partial charge on any atom is 0.323 e. The highest BCUT2D eigenvalue weighted by molar-refractivity contribution is 7.98. The minimum absolute atomic E-state index is 0.262. The topological polar surface area (TPSA) is 54.0 Å². The van der Waals surface area contributed by atoms with Crippen molar-refractivity contribution < 1.29 is 4.79 Å². The van der Waals surface area contributed by atoms with Gasteiger partial charge in [-0.2, -0.15) is 0 Å².